The molecule has 0 spiro atoms. The van der Waals surface area contributed by atoms with Gasteiger partial charge in [0.2, 0.25) is 0 Å². The van der Waals surface area contributed by atoms with E-state index in [2.05, 4.69) is 27.7 Å². The van der Waals surface area contributed by atoms with Gasteiger partial charge in [-0.1, -0.05) is 20.3 Å². The molecule has 0 bridgehead atoms. The van der Waals surface area contributed by atoms with Crippen molar-refractivity contribution in [3.05, 3.63) is 0 Å². The number of aliphatic hydroxyl groups excluding tert-OH is 1. The Hall–Kier alpha value is -0.0800. The third-order valence-electron chi connectivity index (χ3n) is 3.76. The van der Waals surface area contributed by atoms with Crippen LogP contribution in [0.4, 0.5) is 0 Å². The van der Waals surface area contributed by atoms with Crippen LogP contribution < -0.4 is 0 Å². The van der Waals surface area contributed by atoms with Gasteiger partial charge in [-0.15, -0.1) is 0 Å². The average Bonchev–Trinajstić information content (AvgIpc) is 2.21. The van der Waals surface area contributed by atoms with Gasteiger partial charge < -0.3 is 9.84 Å². The molecule has 0 amide bonds. The summed E-state index contributed by atoms with van der Waals surface area (Å²) in [6, 6.07) is 0. The van der Waals surface area contributed by atoms with Crippen molar-refractivity contribution in [1.29, 1.82) is 0 Å². The number of aliphatic hydroxyl groups is 1. The van der Waals surface area contributed by atoms with Crippen LogP contribution in [-0.2, 0) is 4.74 Å². The minimum atomic E-state index is -0.251. The SMILES string of the molecule is CCC1CCC(O)C(OC(C)(C)CC)C1. The Morgan fingerprint density at radius 1 is 1.27 bits per heavy atom. The highest BCUT2D eigenvalue weighted by Gasteiger charge is 2.32. The Labute approximate surface area is 94.0 Å². The molecule has 2 heteroatoms. The molecule has 2 nitrogen and oxygen atoms in total. The van der Waals surface area contributed by atoms with Crippen LogP contribution in [0.25, 0.3) is 0 Å². The Bertz CT molecular complexity index is 189. The molecule has 1 aliphatic rings. The molecule has 90 valence electrons. The lowest BCUT2D eigenvalue weighted by Crippen LogP contribution is -2.41. The van der Waals surface area contributed by atoms with E-state index < -0.39 is 0 Å². The maximum atomic E-state index is 9.92. The van der Waals surface area contributed by atoms with Crippen LogP contribution in [-0.4, -0.2) is 22.9 Å². The topological polar surface area (TPSA) is 29.5 Å². The van der Waals surface area contributed by atoms with Crippen LogP contribution in [0.2, 0.25) is 0 Å². The molecule has 15 heavy (non-hydrogen) atoms. The molecule has 1 saturated carbocycles. The van der Waals surface area contributed by atoms with Gasteiger partial charge in [-0.05, 0) is 45.4 Å². The second-order valence-corrected chi connectivity index (χ2v) is 5.42. The van der Waals surface area contributed by atoms with Gasteiger partial charge in [0.25, 0.3) is 0 Å². The van der Waals surface area contributed by atoms with Gasteiger partial charge in [-0.2, -0.15) is 0 Å². The first-order chi connectivity index (χ1) is 6.98. The molecule has 1 N–H and O–H groups in total. The normalized spacial score (nSPS) is 33.0. The molecule has 0 aromatic rings. The molecule has 0 radical (unpaired) electrons. The Morgan fingerprint density at radius 3 is 2.47 bits per heavy atom. The highest BCUT2D eigenvalue weighted by atomic mass is 16.5. The number of ether oxygens (including phenoxy) is 1. The fourth-order valence-corrected chi connectivity index (χ4v) is 2.19. The molecule has 0 aromatic heterocycles. The highest BCUT2D eigenvalue weighted by molar-refractivity contribution is 4.82. The van der Waals surface area contributed by atoms with Crippen LogP contribution in [0.3, 0.4) is 0 Å². The second-order valence-electron chi connectivity index (χ2n) is 5.42. The zero-order chi connectivity index (χ0) is 11.5. The van der Waals surface area contributed by atoms with Crippen molar-refractivity contribution in [2.45, 2.75) is 77.6 Å². The summed E-state index contributed by atoms with van der Waals surface area (Å²) in [5, 5.41) is 9.92. The van der Waals surface area contributed by atoms with Crippen molar-refractivity contribution in [3.8, 4) is 0 Å². The summed E-state index contributed by atoms with van der Waals surface area (Å²) >= 11 is 0. The third kappa shape index (κ3) is 3.76. The summed E-state index contributed by atoms with van der Waals surface area (Å²) in [7, 11) is 0. The van der Waals surface area contributed by atoms with E-state index in [1.165, 1.54) is 6.42 Å². The summed E-state index contributed by atoms with van der Waals surface area (Å²) in [5.41, 5.74) is -0.0960. The van der Waals surface area contributed by atoms with Crippen molar-refractivity contribution in [1.82, 2.24) is 0 Å². The van der Waals surface area contributed by atoms with E-state index in [9.17, 15) is 5.11 Å². The van der Waals surface area contributed by atoms with Gasteiger partial charge in [0, 0.05) is 0 Å². The van der Waals surface area contributed by atoms with Gasteiger partial charge >= 0.3 is 0 Å². The molecule has 0 aliphatic heterocycles. The lowest BCUT2D eigenvalue weighted by molar-refractivity contribution is -0.141. The molecular weight excluding hydrogens is 188 g/mol. The molecule has 1 aliphatic carbocycles. The van der Waals surface area contributed by atoms with Gasteiger partial charge in [0.15, 0.2) is 0 Å². The predicted octanol–water partition coefficient (Wildman–Crippen LogP) is 3.13. The van der Waals surface area contributed by atoms with Crippen LogP contribution >= 0.6 is 0 Å². The van der Waals surface area contributed by atoms with E-state index in [-0.39, 0.29) is 17.8 Å². The van der Waals surface area contributed by atoms with Gasteiger partial charge in [-0.3, -0.25) is 0 Å². The van der Waals surface area contributed by atoms with Crippen molar-refractivity contribution in [3.63, 3.8) is 0 Å². The summed E-state index contributed by atoms with van der Waals surface area (Å²) in [5.74, 6) is 0.742. The minimum absolute atomic E-state index is 0.0543. The molecule has 3 atom stereocenters. The van der Waals surface area contributed by atoms with E-state index in [0.29, 0.717) is 0 Å². The summed E-state index contributed by atoms with van der Waals surface area (Å²) < 4.78 is 6.02. The van der Waals surface area contributed by atoms with E-state index in [1.807, 2.05) is 0 Å². The molecule has 1 fully saturated rings. The van der Waals surface area contributed by atoms with E-state index >= 15 is 0 Å². The standard InChI is InChI=1S/C13H26O2/c1-5-10-7-8-11(14)12(9-10)15-13(3,4)6-2/h10-12,14H,5-9H2,1-4H3. The molecule has 1 rings (SSSR count). The molecular formula is C13H26O2. The lowest BCUT2D eigenvalue weighted by Gasteiger charge is -2.38. The smallest absolute Gasteiger partial charge is 0.0843 e. The van der Waals surface area contributed by atoms with Crippen molar-refractivity contribution in [2.75, 3.05) is 0 Å². The van der Waals surface area contributed by atoms with Gasteiger partial charge in [0.1, 0.15) is 0 Å². The van der Waals surface area contributed by atoms with Crippen molar-refractivity contribution >= 4 is 0 Å². The lowest BCUT2D eigenvalue weighted by atomic mass is 9.83. The van der Waals surface area contributed by atoms with E-state index in [0.717, 1.165) is 31.6 Å². The number of hydrogen-bond donors (Lipinski definition) is 1. The summed E-state index contributed by atoms with van der Waals surface area (Å²) in [4.78, 5) is 0. The molecule has 0 saturated heterocycles. The first-order valence-corrected chi connectivity index (χ1v) is 6.34. The average molecular weight is 214 g/mol. The Kier molecular flexibility index (Phi) is 4.60. The van der Waals surface area contributed by atoms with Crippen LogP contribution in [0.15, 0.2) is 0 Å². The van der Waals surface area contributed by atoms with Crippen LogP contribution in [0, 0.1) is 5.92 Å². The highest BCUT2D eigenvalue weighted by Crippen LogP contribution is 2.31. The number of rotatable bonds is 4. The Morgan fingerprint density at radius 2 is 1.93 bits per heavy atom. The van der Waals surface area contributed by atoms with E-state index in [1.54, 1.807) is 0 Å². The van der Waals surface area contributed by atoms with Crippen LogP contribution in [0.5, 0.6) is 0 Å². The summed E-state index contributed by atoms with van der Waals surface area (Å²) in [6.45, 7) is 8.57. The predicted molar refractivity (Wildman–Crippen MR) is 62.9 cm³/mol. The maximum Gasteiger partial charge on any atom is 0.0843 e. The first kappa shape index (κ1) is 13.0. The van der Waals surface area contributed by atoms with Crippen LogP contribution in [0.1, 0.15) is 59.8 Å². The quantitative estimate of drug-likeness (QED) is 0.779. The van der Waals surface area contributed by atoms with Gasteiger partial charge in [-0.25, -0.2) is 0 Å². The molecule has 0 heterocycles. The minimum Gasteiger partial charge on any atom is -0.390 e. The third-order valence-corrected chi connectivity index (χ3v) is 3.76. The number of hydrogen-bond acceptors (Lipinski definition) is 2. The Balaban J connectivity index is 2.51. The monoisotopic (exact) mass is 214 g/mol. The zero-order valence-electron chi connectivity index (χ0n) is 10.6. The fourth-order valence-electron chi connectivity index (χ4n) is 2.19. The molecule has 0 aromatic carbocycles. The van der Waals surface area contributed by atoms with Gasteiger partial charge in [0.05, 0.1) is 17.8 Å². The van der Waals surface area contributed by atoms with Crippen molar-refractivity contribution < 1.29 is 9.84 Å². The maximum absolute atomic E-state index is 9.92. The van der Waals surface area contributed by atoms with Crippen molar-refractivity contribution in [2.24, 2.45) is 5.92 Å². The largest absolute Gasteiger partial charge is 0.390 e. The molecule has 3 unspecified atom stereocenters. The van der Waals surface area contributed by atoms with E-state index in [4.69, 9.17) is 4.74 Å². The first-order valence-electron chi connectivity index (χ1n) is 6.34. The fraction of sp³-hybridized carbons (Fsp3) is 1.00. The summed E-state index contributed by atoms with van der Waals surface area (Å²) in [6.07, 6.45) is 5.09. The second kappa shape index (κ2) is 5.31. The zero-order valence-corrected chi connectivity index (χ0v) is 10.6.